The fourth-order valence-corrected chi connectivity index (χ4v) is 2.28. The van der Waals surface area contributed by atoms with Crippen LogP contribution in [0.4, 0.5) is 0 Å². The van der Waals surface area contributed by atoms with E-state index < -0.39 is 8.60 Å². The minimum absolute atomic E-state index is 0.177. The number of allylic oxidation sites excluding steroid dienone is 1. The molecule has 0 amide bonds. The summed E-state index contributed by atoms with van der Waals surface area (Å²) in [4.78, 5) is 17.2. The van der Waals surface area contributed by atoms with Gasteiger partial charge in [0.05, 0.1) is 6.61 Å². The molecular formula is C13H28NO3P. The highest BCUT2D eigenvalue weighted by atomic mass is 31.2. The van der Waals surface area contributed by atoms with Crippen molar-refractivity contribution in [2.45, 2.75) is 53.0 Å². The van der Waals surface area contributed by atoms with E-state index in [-0.39, 0.29) is 12.6 Å². The van der Waals surface area contributed by atoms with Gasteiger partial charge in [0.15, 0.2) is 0 Å². The SMILES string of the molecule is CC(C/C=C/CC(N)COP(O)O)CC(C)(C)C. The van der Waals surface area contributed by atoms with Gasteiger partial charge in [-0.05, 0) is 30.6 Å². The van der Waals surface area contributed by atoms with Crippen molar-refractivity contribution in [2.24, 2.45) is 17.1 Å². The molecule has 0 aliphatic heterocycles. The van der Waals surface area contributed by atoms with Crippen molar-refractivity contribution in [1.29, 1.82) is 0 Å². The molecule has 0 spiro atoms. The second-order valence-corrected chi connectivity index (χ2v) is 6.89. The van der Waals surface area contributed by atoms with Gasteiger partial charge in [-0.25, -0.2) is 0 Å². The van der Waals surface area contributed by atoms with Crippen molar-refractivity contribution < 1.29 is 14.3 Å². The molecule has 0 aromatic heterocycles. The Labute approximate surface area is 112 Å². The van der Waals surface area contributed by atoms with E-state index in [1.807, 2.05) is 6.08 Å². The van der Waals surface area contributed by atoms with Gasteiger partial charge in [-0.2, -0.15) is 0 Å². The van der Waals surface area contributed by atoms with Crippen molar-refractivity contribution in [3.8, 4) is 0 Å². The van der Waals surface area contributed by atoms with Crippen LogP contribution in [0.2, 0.25) is 0 Å². The van der Waals surface area contributed by atoms with Crippen LogP contribution in [-0.4, -0.2) is 22.4 Å². The standard InChI is InChI=1S/C13H28NO3P/c1-11(9-13(2,3)4)7-5-6-8-12(14)10-17-18(15)16/h5-6,11-12,15-16H,7-10,14H2,1-4H3/b6-5+. The van der Waals surface area contributed by atoms with Crippen LogP contribution in [0.1, 0.15) is 47.0 Å². The lowest BCUT2D eigenvalue weighted by atomic mass is 9.84. The summed E-state index contributed by atoms with van der Waals surface area (Å²) < 4.78 is 4.66. The maximum absolute atomic E-state index is 8.58. The molecule has 0 saturated carbocycles. The zero-order valence-corrected chi connectivity index (χ0v) is 12.9. The highest BCUT2D eigenvalue weighted by molar-refractivity contribution is 7.39. The summed E-state index contributed by atoms with van der Waals surface area (Å²) in [5.74, 6) is 0.663. The van der Waals surface area contributed by atoms with Crippen molar-refractivity contribution >= 4 is 8.60 Å². The van der Waals surface area contributed by atoms with Gasteiger partial charge < -0.3 is 20.0 Å². The second-order valence-electron chi connectivity index (χ2n) is 6.12. The zero-order valence-electron chi connectivity index (χ0n) is 12.0. The Kier molecular flexibility index (Phi) is 9.01. The maximum atomic E-state index is 8.58. The van der Waals surface area contributed by atoms with Gasteiger partial charge >= 0.3 is 8.60 Å². The molecule has 0 rings (SSSR count). The summed E-state index contributed by atoms with van der Waals surface area (Å²) in [6, 6.07) is -0.177. The third-order valence-corrected chi connectivity index (χ3v) is 2.89. The first-order valence-corrected chi connectivity index (χ1v) is 7.58. The van der Waals surface area contributed by atoms with E-state index in [4.69, 9.17) is 15.5 Å². The Balaban J connectivity index is 3.70. The molecule has 0 saturated heterocycles. The van der Waals surface area contributed by atoms with Gasteiger partial charge in [0, 0.05) is 6.04 Å². The minimum Gasteiger partial charge on any atom is -0.328 e. The summed E-state index contributed by atoms with van der Waals surface area (Å²) in [6.07, 6.45) is 7.15. The predicted octanol–water partition coefficient (Wildman–Crippen LogP) is 2.95. The molecular weight excluding hydrogens is 249 g/mol. The highest BCUT2D eigenvalue weighted by Gasteiger charge is 2.14. The smallest absolute Gasteiger partial charge is 0.327 e. The summed E-state index contributed by atoms with van der Waals surface area (Å²) in [6.45, 7) is 9.19. The Morgan fingerprint density at radius 2 is 1.78 bits per heavy atom. The second kappa shape index (κ2) is 9.00. The molecule has 0 aliphatic carbocycles. The maximum Gasteiger partial charge on any atom is 0.327 e. The zero-order chi connectivity index (χ0) is 14.2. The number of rotatable bonds is 8. The number of hydrogen-bond acceptors (Lipinski definition) is 4. The molecule has 0 aromatic carbocycles. The lowest BCUT2D eigenvalue weighted by Crippen LogP contribution is -2.24. The number of nitrogens with two attached hydrogens (primary N) is 1. The van der Waals surface area contributed by atoms with Gasteiger partial charge in [0.25, 0.3) is 0 Å². The molecule has 0 bridgehead atoms. The average Bonchev–Trinajstić information content (AvgIpc) is 2.19. The first-order valence-electron chi connectivity index (χ1n) is 6.42. The van der Waals surface area contributed by atoms with Crippen LogP contribution in [0.3, 0.4) is 0 Å². The van der Waals surface area contributed by atoms with Gasteiger partial charge in [-0.15, -0.1) is 0 Å². The van der Waals surface area contributed by atoms with Crippen LogP contribution in [0.25, 0.3) is 0 Å². The molecule has 18 heavy (non-hydrogen) atoms. The van der Waals surface area contributed by atoms with Crippen molar-refractivity contribution in [3.63, 3.8) is 0 Å². The van der Waals surface area contributed by atoms with Gasteiger partial charge in [-0.3, -0.25) is 0 Å². The van der Waals surface area contributed by atoms with E-state index in [1.165, 1.54) is 6.42 Å². The topological polar surface area (TPSA) is 75.7 Å². The van der Waals surface area contributed by atoms with E-state index >= 15 is 0 Å². The minimum atomic E-state index is -2.28. The molecule has 0 aliphatic rings. The molecule has 108 valence electrons. The number of hydrogen-bond donors (Lipinski definition) is 3. The Morgan fingerprint density at radius 3 is 2.28 bits per heavy atom. The molecule has 4 nitrogen and oxygen atoms in total. The van der Waals surface area contributed by atoms with Crippen LogP contribution < -0.4 is 5.73 Å². The normalized spacial score (nSPS) is 16.4. The predicted molar refractivity (Wildman–Crippen MR) is 76.9 cm³/mol. The van der Waals surface area contributed by atoms with Gasteiger partial charge in [-0.1, -0.05) is 39.8 Å². The summed E-state index contributed by atoms with van der Waals surface area (Å²) in [7, 11) is -2.28. The van der Waals surface area contributed by atoms with Crippen LogP contribution in [0.5, 0.6) is 0 Å². The average molecular weight is 277 g/mol. The van der Waals surface area contributed by atoms with Crippen LogP contribution in [0.15, 0.2) is 12.2 Å². The van der Waals surface area contributed by atoms with Crippen LogP contribution >= 0.6 is 8.60 Å². The molecule has 0 aromatic rings. The molecule has 4 N–H and O–H groups in total. The quantitative estimate of drug-likeness (QED) is 0.471. The molecule has 5 heteroatoms. The van der Waals surface area contributed by atoms with E-state index in [0.29, 0.717) is 17.8 Å². The van der Waals surface area contributed by atoms with Crippen molar-refractivity contribution in [3.05, 3.63) is 12.2 Å². The Bertz CT molecular complexity index is 239. The van der Waals surface area contributed by atoms with Crippen molar-refractivity contribution in [2.75, 3.05) is 6.61 Å². The lowest BCUT2D eigenvalue weighted by Gasteiger charge is -2.22. The van der Waals surface area contributed by atoms with E-state index in [1.54, 1.807) is 0 Å². The van der Waals surface area contributed by atoms with E-state index in [0.717, 1.165) is 6.42 Å². The molecule has 0 radical (unpaired) electrons. The summed E-state index contributed by atoms with van der Waals surface area (Å²) in [5, 5.41) is 0. The molecule has 2 atom stereocenters. The summed E-state index contributed by atoms with van der Waals surface area (Å²) in [5.41, 5.74) is 6.12. The first kappa shape index (κ1) is 18.0. The third-order valence-electron chi connectivity index (χ3n) is 2.51. The Morgan fingerprint density at radius 1 is 1.22 bits per heavy atom. The molecule has 2 unspecified atom stereocenters. The highest BCUT2D eigenvalue weighted by Crippen LogP contribution is 2.26. The summed E-state index contributed by atoms with van der Waals surface area (Å²) >= 11 is 0. The van der Waals surface area contributed by atoms with E-state index in [2.05, 4.69) is 38.3 Å². The van der Waals surface area contributed by atoms with Gasteiger partial charge in [0.2, 0.25) is 0 Å². The third kappa shape index (κ3) is 12.5. The van der Waals surface area contributed by atoms with Crippen LogP contribution in [0, 0.1) is 11.3 Å². The fraction of sp³-hybridized carbons (Fsp3) is 0.846. The molecule has 0 fully saturated rings. The first-order chi connectivity index (χ1) is 8.20. The van der Waals surface area contributed by atoms with Crippen molar-refractivity contribution in [1.82, 2.24) is 0 Å². The largest absolute Gasteiger partial charge is 0.328 e. The lowest BCUT2D eigenvalue weighted by molar-refractivity contribution is 0.238. The van der Waals surface area contributed by atoms with Crippen LogP contribution in [-0.2, 0) is 4.52 Å². The Hall–Kier alpha value is 0.0100. The molecule has 0 heterocycles. The van der Waals surface area contributed by atoms with E-state index in [9.17, 15) is 0 Å². The monoisotopic (exact) mass is 277 g/mol. The fourth-order valence-electron chi connectivity index (χ4n) is 1.96. The van der Waals surface area contributed by atoms with Gasteiger partial charge in [0.1, 0.15) is 0 Å².